The van der Waals surface area contributed by atoms with Crippen molar-refractivity contribution in [1.82, 2.24) is 4.90 Å². The molecule has 1 heterocycles. The van der Waals surface area contributed by atoms with Gasteiger partial charge in [-0.3, -0.25) is 4.90 Å². The van der Waals surface area contributed by atoms with Gasteiger partial charge >= 0.3 is 0 Å². The van der Waals surface area contributed by atoms with Crippen LogP contribution in [0.25, 0.3) is 0 Å². The van der Waals surface area contributed by atoms with Crippen LogP contribution in [0.5, 0.6) is 0 Å². The highest BCUT2D eigenvalue weighted by Crippen LogP contribution is 2.41. The zero-order valence-corrected chi connectivity index (χ0v) is 12.1. The first-order chi connectivity index (χ1) is 9.33. The minimum Gasteiger partial charge on any atom is -0.379 e. The summed E-state index contributed by atoms with van der Waals surface area (Å²) in [7, 11) is 0. The van der Waals surface area contributed by atoms with Gasteiger partial charge in [0.15, 0.2) is 0 Å². The van der Waals surface area contributed by atoms with Crippen molar-refractivity contribution in [2.24, 2.45) is 5.73 Å². The maximum absolute atomic E-state index is 6.77. The minimum absolute atomic E-state index is 0.243. The van der Waals surface area contributed by atoms with Crippen molar-refractivity contribution in [3.05, 3.63) is 11.6 Å². The third-order valence-corrected chi connectivity index (χ3v) is 5.41. The first-order valence-corrected chi connectivity index (χ1v) is 8.10. The SMILES string of the molecule is NC(C1=CCCCC1)C1(N2CCOCC2)CCCC1. The van der Waals surface area contributed by atoms with Crippen LogP contribution in [0.3, 0.4) is 0 Å². The molecule has 2 N–H and O–H groups in total. The quantitative estimate of drug-likeness (QED) is 0.796. The number of nitrogens with two attached hydrogens (primary N) is 1. The van der Waals surface area contributed by atoms with Crippen LogP contribution in [-0.2, 0) is 4.74 Å². The summed E-state index contributed by atoms with van der Waals surface area (Å²) in [6.45, 7) is 3.91. The van der Waals surface area contributed by atoms with Crippen LogP contribution in [0.2, 0.25) is 0 Å². The molecule has 0 spiro atoms. The van der Waals surface area contributed by atoms with E-state index in [2.05, 4.69) is 11.0 Å². The van der Waals surface area contributed by atoms with Crippen LogP contribution >= 0.6 is 0 Å². The molecule has 1 aliphatic heterocycles. The molecule has 3 aliphatic rings. The molecular formula is C16H28N2O. The second-order valence-corrected chi connectivity index (χ2v) is 6.41. The number of ether oxygens (including phenoxy) is 1. The zero-order valence-electron chi connectivity index (χ0n) is 12.1. The van der Waals surface area contributed by atoms with E-state index >= 15 is 0 Å². The van der Waals surface area contributed by atoms with Crippen LogP contribution in [0.4, 0.5) is 0 Å². The Bertz CT molecular complexity index is 328. The van der Waals surface area contributed by atoms with E-state index < -0.39 is 0 Å². The van der Waals surface area contributed by atoms with Gasteiger partial charge in [-0.2, -0.15) is 0 Å². The van der Waals surface area contributed by atoms with E-state index in [-0.39, 0.29) is 11.6 Å². The molecule has 2 fully saturated rings. The lowest BCUT2D eigenvalue weighted by atomic mass is 9.79. The highest BCUT2D eigenvalue weighted by Gasteiger charge is 2.45. The molecule has 3 rings (SSSR count). The highest BCUT2D eigenvalue weighted by atomic mass is 16.5. The van der Waals surface area contributed by atoms with E-state index in [0.29, 0.717) is 0 Å². The molecule has 0 bridgehead atoms. The van der Waals surface area contributed by atoms with Gasteiger partial charge in [-0.15, -0.1) is 0 Å². The lowest BCUT2D eigenvalue weighted by Gasteiger charge is -2.48. The molecule has 2 aliphatic carbocycles. The predicted molar refractivity (Wildman–Crippen MR) is 78.1 cm³/mol. The first-order valence-electron chi connectivity index (χ1n) is 8.10. The van der Waals surface area contributed by atoms with E-state index in [4.69, 9.17) is 10.5 Å². The van der Waals surface area contributed by atoms with Crippen molar-refractivity contribution in [3.63, 3.8) is 0 Å². The summed E-state index contributed by atoms with van der Waals surface area (Å²) in [5.74, 6) is 0. The highest BCUT2D eigenvalue weighted by molar-refractivity contribution is 5.21. The van der Waals surface area contributed by atoms with E-state index in [1.165, 1.54) is 51.4 Å². The molecule has 1 saturated carbocycles. The molecule has 108 valence electrons. The third kappa shape index (κ3) is 2.61. The molecule has 3 heteroatoms. The normalized spacial score (nSPS) is 30.1. The Kier molecular flexibility index (Phi) is 4.25. The van der Waals surface area contributed by atoms with Gasteiger partial charge in [0.05, 0.1) is 13.2 Å². The maximum Gasteiger partial charge on any atom is 0.0594 e. The van der Waals surface area contributed by atoms with Gasteiger partial charge in [-0.25, -0.2) is 0 Å². The Hall–Kier alpha value is -0.380. The first kappa shape index (κ1) is 13.6. The third-order valence-electron chi connectivity index (χ3n) is 5.41. The molecule has 19 heavy (non-hydrogen) atoms. The average Bonchev–Trinajstić information content (AvgIpc) is 2.99. The van der Waals surface area contributed by atoms with E-state index in [0.717, 1.165) is 26.3 Å². The van der Waals surface area contributed by atoms with E-state index in [1.807, 2.05) is 0 Å². The smallest absolute Gasteiger partial charge is 0.0594 e. The van der Waals surface area contributed by atoms with Gasteiger partial charge in [-0.05, 0) is 38.5 Å². The van der Waals surface area contributed by atoms with Crippen molar-refractivity contribution in [3.8, 4) is 0 Å². The predicted octanol–water partition coefficient (Wildman–Crippen LogP) is 2.46. The Morgan fingerprint density at radius 1 is 1.11 bits per heavy atom. The van der Waals surface area contributed by atoms with Crippen molar-refractivity contribution < 1.29 is 4.74 Å². The van der Waals surface area contributed by atoms with E-state index in [9.17, 15) is 0 Å². The van der Waals surface area contributed by atoms with Crippen LogP contribution in [0.15, 0.2) is 11.6 Å². The fraction of sp³-hybridized carbons (Fsp3) is 0.875. The van der Waals surface area contributed by atoms with Crippen molar-refractivity contribution in [2.75, 3.05) is 26.3 Å². The molecule has 0 amide bonds. The Labute approximate surface area is 117 Å². The Balaban J connectivity index is 1.80. The summed E-state index contributed by atoms with van der Waals surface area (Å²) in [6.07, 6.45) is 12.8. The summed E-state index contributed by atoms with van der Waals surface area (Å²) < 4.78 is 5.53. The van der Waals surface area contributed by atoms with Gasteiger partial charge in [0.25, 0.3) is 0 Å². The molecule has 0 radical (unpaired) electrons. The number of hydrogen-bond donors (Lipinski definition) is 1. The topological polar surface area (TPSA) is 38.5 Å². The van der Waals surface area contributed by atoms with Crippen LogP contribution in [-0.4, -0.2) is 42.8 Å². The summed E-state index contributed by atoms with van der Waals surface area (Å²) in [6, 6.07) is 0.258. The van der Waals surface area contributed by atoms with Crippen LogP contribution in [0, 0.1) is 0 Å². The lowest BCUT2D eigenvalue weighted by Crippen LogP contribution is -2.61. The molecular weight excluding hydrogens is 236 g/mol. The molecule has 1 saturated heterocycles. The van der Waals surface area contributed by atoms with E-state index in [1.54, 1.807) is 5.57 Å². The summed E-state index contributed by atoms with van der Waals surface area (Å²) >= 11 is 0. The second-order valence-electron chi connectivity index (χ2n) is 6.41. The van der Waals surface area contributed by atoms with Crippen molar-refractivity contribution in [1.29, 1.82) is 0 Å². The Morgan fingerprint density at radius 3 is 2.47 bits per heavy atom. The molecule has 0 aromatic rings. The number of allylic oxidation sites excluding steroid dienone is 1. The number of nitrogens with zero attached hydrogens (tertiary/aromatic N) is 1. The van der Waals surface area contributed by atoms with Gasteiger partial charge in [-0.1, -0.05) is 24.5 Å². The second kappa shape index (κ2) is 5.94. The number of hydrogen-bond acceptors (Lipinski definition) is 3. The van der Waals surface area contributed by atoms with Gasteiger partial charge in [0, 0.05) is 24.7 Å². The standard InChI is InChI=1S/C16H28N2O/c17-15(14-6-2-1-3-7-14)16(8-4-5-9-16)18-10-12-19-13-11-18/h6,15H,1-5,7-13,17H2. The molecule has 1 unspecified atom stereocenters. The largest absolute Gasteiger partial charge is 0.379 e. The van der Waals surface area contributed by atoms with Gasteiger partial charge < -0.3 is 10.5 Å². The summed E-state index contributed by atoms with van der Waals surface area (Å²) in [5.41, 5.74) is 8.55. The monoisotopic (exact) mass is 264 g/mol. The lowest BCUT2D eigenvalue weighted by molar-refractivity contribution is -0.0269. The molecule has 0 aromatic carbocycles. The Morgan fingerprint density at radius 2 is 1.84 bits per heavy atom. The summed E-state index contributed by atoms with van der Waals surface area (Å²) in [5, 5.41) is 0. The van der Waals surface area contributed by atoms with Crippen LogP contribution in [0.1, 0.15) is 51.4 Å². The maximum atomic E-state index is 6.77. The fourth-order valence-electron chi connectivity index (χ4n) is 4.31. The molecule has 3 nitrogen and oxygen atoms in total. The zero-order chi connectivity index (χ0) is 13.1. The fourth-order valence-corrected chi connectivity index (χ4v) is 4.31. The van der Waals surface area contributed by atoms with Crippen molar-refractivity contribution in [2.45, 2.75) is 62.9 Å². The van der Waals surface area contributed by atoms with Crippen LogP contribution < -0.4 is 5.73 Å². The van der Waals surface area contributed by atoms with Gasteiger partial charge in [0.1, 0.15) is 0 Å². The minimum atomic E-state index is 0.243. The number of rotatable bonds is 3. The average molecular weight is 264 g/mol. The molecule has 1 atom stereocenters. The molecule has 0 aromatic heterocycles. The number of morpholine rings is 1. The van der Waals surface area contributed by atoms with Gasteiger partial charge in [0.2, 0.25) is 0 Å². The van der Waals surface area contributed by atoms with Crippen molar-refractivity contribution >= 4 is 0 Å². The summed E-state index contributed by atoms with van der Waals surface area (Å²) in [4.78, 5) is 2.66.